The fourth-order valence-electron chi connectivity index (χ4n) is 3.11. The molecule has 1 aliphatic carbocycles. The molecule has 1 saturated carbocycles. The van der Waals surface area contributed by atoms with Crippen LogP contribution in [0.4, 0.5) is 0 Å². The van der Waals surface area contributed by atoms with E-state index in [0.717, 1.165) is 6.07 Å². The summed E-state index contributed by atoms with van der Waals surface area (Å²) in [7, 11) is 0. The first-order valence-corrected chi connectivity index (χ1v) is 7.98. The number of rotatable bonds is 5. The van der Waals surface area contributed by atoms with Crippen molar-refractivity contribution in [3.05, 3.63) is 33.1 Å². The van der Waals surface area contributed by atoms with Crippen LogP contribution in [0.2, 0.25) is 0 Å². The molecule has 26 heavy (non-hydrogen) atoms. The molecule has 1 heterocycles. The molecule has 142 valence electrons. The van der Waals surface area contributed by atoms with Gasteiger partial charge in [-0.25, -0.2) is 4.79 Å². The zero-order chi connectivity index (χ0) is 19.4. The molecule has 0 bridgehead atoms. The Hall–Kier alpha value is -2.91. The Morgan fingerprint density at radius 2 is 1.69 bits per heavy atom. The minimum absolute atomic E-state index is 0.0698. The van der Waals surface area contributed by atoms with E-state index in [1.807, 2.05) is 0 Å². The largest absolute Gasteiger partial charge is 0.465 e. The number of aromatic amines is 1. The second kappa shape index (κ2) is 7.98. The van der Waals surface area contributed by atoms with E-state index in [-0.39, 0.29) is 13.0 Å². The van der Waals surface area contributed by atoms with Gasteiger partial charge in [0.05, 0.1) is 12.6 Å². The summed E-state index contributed by atoms with van der Waals surface area (Å²) in [5, 5.41) is 0. The van der Waals surface area contributed by atoms with Gasteiger partial charge in [-0.05, 0) is 6.42 Å². The first-order valence-electron chi connectivity index (χ1n) is 7.98. The van der Waals surface area contributed by atoms with Crippen LogP contribution < -0.4 is 11.2 Å². The second-order valence-electron chi connectivity index (χ2n) is 6.03. The Morgan fingerprint density at radius 3 is 2.23 bits per heavy atom. The first kappa shape index (κ1) is 19.4. The number of esters is 3. The number of aromatic nitrogens is 2. The van der Waals surface area contributed by atoms with Crippen molar-refractivity contribution in [1.29, 1.82) is 0 Å². The molecule has 0 radical (unpaired) electrons. The lowest BCUT2D eigenvalue weighted by molar-refractivity contribution is -0.168. The maximum absolute atomic E-state index is 12.1. The zero-order valence-electron chi connectivity index (χ0n) is 14.6. The summed E-state index contributed by atoms with van der Waals surface area (Å²) in [6.07, 6.45) is -0.364. The van der Waals surface area contributed by atoms with Crippen LogP contribution in [-0.2, 0) is 28.6 Å². The number of carbonyl (C=O) groups is 3. The Bertz CT molecular complexity index is 811. The molecule has 0 amide bonds. The van der Waals surface area contributed by atoms with Gasteiger partial charge in [-0.15, -0.1) is 0 Å². The van der Waals surface area contributed by atoms with E-state index in [2.05, 4.69) is 4.98 Å². The number of ether oxygens (including phenoxy) is 3. The lowest BCUT2D eigenvalue weighted by atomic mass is 10.1. The molecular weight excluding hydrogens is 348 g/mol. The van der Waals surface area contributed by atoms with Gasteiger partial charge in [0.15, 0.2) is 6.10 Å². The standard InChI is InChI=1S/C16H20N2O8/c1-8(19)24-7-11-6-12(18-5-4-13(22)17-16(18)23)15(26-10(3)21)14(11)25-9(2)20/h4-5,11-12,14-15H,6-7H2,1-3H3,(H,17,22,23)/t11-,12-,14-,15+/m1/s1. The SMILES string of the molecule is CC(=O)OC[C@H]1C[C@@H](n2ccc(=O)[nH]c2=O)[C@H](OC(C)=O)[C@@H]1OC(C)=O. The van der Waals surface area contributed by atoms with Gasteiger partial charge < -0.3 is 14.2 Å². The highest BCUT2D eigenvalue weighted by Crippen LogP contribution is 2.39. The summed E-state index contributed by atoms with van der Waals surface area (Å²) in [4.78, 5) is 59.7. The van der Waals surface area contributed by atoms with E-state index in [1.165, 1.54) is 31.5 Å². The predicted molar refractivity (Wildman–Crippen MR) is 86.2 cm³/mol. The molecule has 2 rings (SSSR count). The number of carbonyl (C=O) groups excluding carboxylic acids is 3. The van der Waals surface area contributed by atoms with Crippen molar-refractivity contribution in [2.75, 3.05) is 6.61 Å². The molecule has 0 aliphatic heterocycles. The molecule has 10 heteroatoms. The molecule has 0 aromatic carbocycles. The number of nitrogens with zero attached hydrogens (tertiary/aromatic N) is 1. The van der Waals surface area contributed by atoms with Gasteiger partial charge in [-0.2, -0.15) is 0 Å². The van der Waals surface area contributed by atoms with Crippen molar-refractivity contribution < 1.29 is 28.6 Å². The Morgan fingerprint density at radius 1 is 1.08 bits per heavy atom. The van der Waals surface area contributed by atoms with Crippen LogP contribution in [-0.4, -0.2) is 46.3 Å². The molecule has 0 spiro atoms. The molecule has 1 aromatic rings. The number of H-pyrrole nitrogens is 1. The van der Waals surface area contributed by atoms with Crippen LogP contribution in [0.3, 0.4) is 0 Å². The highest BCUT2D eigenvalue weighted by atomic mass is 16.6. The Kier molecular flexibility index (Phi) is 5.96. The van der Waals surface area contributed by atoms with Crippen LogP contribution in [0.25, 0.3) is 0 Å². The summed E-state index contributed by atoms with van der Waals surface area (Å²) in [6, 6.07) is 0.458. The van der Waals surface area contributed by atoms with Crippen molar-refractivity contribution in [2.45, 2.75) is 45.4 Å². The smallest absolute Gasteiger partial charge is 0.328 e. The molecule has 1 fully saturated rings. The highest BCUT2D eigenvalue weighted by Gasteiger charge is 2.49. The van der Waals surface area contributed by atoms with Crippen molar-refractivity contribution in [3.63, 3.8) is 0 Å². The van der Waals surface area contributed by atoms with Gasteiger partial charge in [0, 0.05) is 39.0 Å². The fourth-order valence-corrected chi connectivity index (χ4v) is 3.11. The van der Waals surface area contributed by atoms with E-state index in [9.17, 15) is 24.0 Å². The van der Waals surface area contributed by atoms with Crippen LogP contribution in [0.1, 0.15) is 33.2 Å². The summed E-state index contributed by atoms with van der Waals surface area (Å²) in [6.45, 7) is 3.56. The monoisotopic (exact) mass is 368 g/mol. The van der Waals surface area contributed by atoms with Gasteiger partial charge in [-0.1, -0.05) is 0 Å². The fraction of sp³-hybridized carbons (Fsp3) is 0.562. The molecule has 0 saturated heterocycles. The van der Waals surface area contributed by atoms with Gasteiger partial charge in [0.2, 0.25) is 0 Å². The molecule has 10 nitrogen and oxygen atoms in total. The Balaban J connectivity index is 2.41. The summed E-state index contributed by atoms with van der Waals surface area (Å²) < 4.78 is 16.8. The second-order valence-corrected chi connectivity index (χ2v) is 6.03. The quantitative estimate of drug-likeness (QED) is 0.544. The van der Waals surface area contributed by atoms with Gasteiger partial charge >= 0.3 is 23.6 Å². The van der Waals surface area contributed by atoms with Crippen LogP contribution in [0.15, 0.2) is 21.9 Å². The molecular formula is C16H20N2O8. The van der Waals surface area contributed by atoms with Gasteiger partial charge in [0.25, 0.3) is 5.56 Å². The van der Waals surface area contributed by atoms with E-state index in [4.69, 9.17) is 14.2 Å². The van der Waals surface area contributed by atoms with Gasteiger partial charge in [0.1, 0.15) is 6.10 Å². The van der Waals surface area contributed by atoms with Crippen molar-refractivity contribution in [3.8, 4) is 0 Å². The van der Waals surface area contributed by atoms with Crippen LogP contribution in [0.5, 0.6) is 0 Å². The van der Waals surface area contributed by atoms with Crippen molar-refractivity contribution >= 4 is 17.9 Å². The van der Waals surface area contributed by atoms with Crippen molar-refractivity contribution in [2.24, 2.45) is 5.92 Å². The third-order valence-electron chi connectivity index (χ3n) is 4.03. The maximum Gasteiger partial charge on any atom is 0.328 e. The first-order chi connectivity index (χ1) is 12.2. The average Bonchev–Trinajstić information content (AvgIpc) is 2.82. The topological polar surface area (TPSA) is 134 Å². The summed E-state index contributed by atoms with van der Waals surface area (Å²) in [5.74, 6) is -2.23. The van der Waals surface area contributed by atoms with Crippen LogP contribution in [0, 0.1) is 5.92 Å². The van der Waals surface area contributed by atoms with E-state index in [0.29, 0.717) is 0 Å². The average molecular weight is 368 g/mol. The van der Waals surface area contributed by atoms with E-state index < -0.39 is 53.3 Å². The molecule has 1 N–H and O–H groups in total. The number of nitrogens with one attached hydrogen (secondary N) is 1. The Labute approximate surface area is 148 Å². The summed E-state index contributed by atoms with van der Waals surface area (Å²) >= 11 is 0. The van der Waals surface area contributed by atoms with E-state index in [1.54, 1.807) is 0 Å². The van der Waals surface area contributed by atoms with Gasteiger partial charge in [-0.3, -0.25) is 28.7 Å². The number of hydrogen-bond acceptors (Lipinski definition) is 8. The minimum Gasteiger partial charge on any atom is -0.465 e. The summed E-state index contributed by atoms with van der Waals surface area (Å²) in [5.41, 5.74) is -1.25. The highest BCUT2D eigenvalue weighted by molar-refractivity contribution is 5.68. The van der Waals surface area contributed by atoms with Crippen LogP contribution >= 0.6 is 0 Å². The third-order valence-corrected chi connectivity index (χ3v) is 4.03. The zero-order valence-corrected chi connectivity index (χ0v) is 14.6. The number of hydrogen-bond donors (Lipinski definition) is 1. The predicted octanol–water partition coefficient (Wildman–Crippen LogP) is -0.476. The lowest BCUT2D eigenvalue weighted by Crippen LogP contribution is -2.41. The maximum atomic E-state index is 12.1. The third kappa shape index (κ3) is 4.58. The molecule has 1 aromatic heterocycles. The van der Waals surface area contributed by atoms with Crippen molar-refractivity contribution in [1.82, 2.24) is 9.55 Å². The lowest BCUT2D eigenvalue weighted by Gasteiger charge is -2.26. The minimum atomic E-state index is -0.972. The molecule has 4 atom stereocenters. The normalized spacial score (nSPS) is 24.7. The molecule has 1 aliphatic rings. The van der Waals surface area contributed by atoms with E-state index >= 15 is 0 Å². The molecule has 0 unspecified atom stereocenters.